The summed E-state index contributed by atoms with van der Waals surface area (Å²) in [6.07, 6.45) is 3.50. The summed E-state index contributed by atoms with van der Waals surface area (Å²) in [4.78, 5) is 11.2. The van der Waals surface area contributed by atoms with Crippen molar-refractivity contribution in [3.05, 3.63) is 22.4 Å². The summed E-state index contributed by atoms with van der Waals surface area (Å²) < 4.78 is 0.855. The van der Waals surface area contributed by atoms with Crippen LogP contribution in [0.3, 0.4) is 0 Å². The molecular formula is C6H4BrN3S. The molecule has 0 saturated carbocycles. The molecule has 2 rings (SSSR count). The zero-order valence-electron chi connectivity index (χ0n) is 5.41. The van der Waals surface area contributed by atoms with E-state index in [1.54, 1.807) is 23.7 Å². The molecule has 3 nitrogen and oxygen atoms in total. The Morgan fingerprint density at radius 3 is 3.00 bits per heavy atom. The van der Waals surface area contributed by atoms with E-state index in [9.17, 15) is 0 Å². The maximum Gasteiger partial charge on any atom is 0.166 e. The normalized spacial score (nSPS) is 10.3. The Morgan fingerprint density at radius 2 is 2.45 bits per heavy atom. The lowest BCUT2D eigenvalue weighted by Crippen LogP contribution is -1.76. The summed E-state index contributed by atoms with van der Waals surface area (Å²) in [7, 11) is 0. The SMILES string of the molecule is Brc1csc(-c2ncc[nH]2)n1. The van der Waals surface area contributed by atoms with Crippen molar-refractivity contribution in [2.24, 2.45) is 0 Å². The number of aromatic amines is 1. The van der Waals surface area contributed by atoms with Crippen LogP contribution in [0.15, 0.2) is 22.4 Å². The van der Waals surface area contributed by atoms with Crippen molar-refractivity contribution in [3.63, 3.8) is 0 Å². The number of imidazole rings is 1. The fourth-order valence-corrected chi connectivity index (χ4v) is 1.96. The molecule has 5 heteroatoms. The van der Waals surface area contributed by atoms with Gasteiger partial charge in [0.25, 0.3) is 0 Å². The lowest BCUT2D eigenvalue weighted by atomic mass is 10.7. The lowest BCUT2D eigenvalue weighted by molar-refractivity contribution is 1.25. The number of nitrogens with one attached hydrogen (secondary N) is 1. The predicted molar refractivity (Wildman–Crippen MR) is 47.4 cm³/mol. The molecule has 2 aromatic rings. The van der Waals surface area contributed by atoms with Crippen LogP contribution in [-0.4, -0.2) is 15.0 Å². The molecule has 0 unspecified atom stereocenters. The molecule has 0 fully saturated rings. The predicted octanol–water partition coefficient (Wildman–Crippen LogP) is 2.30. The summed E-state index contributed by atoms with van der Waals surface area (Å²) in [6.45, 7) is 0. The van der Waals surface area contributed by atoms with Crippen LogP contribution in [0.4, 0.5) is 0 Å². The zero-order valence-corrected chi connectivity index (χ0v) is 7.82. The summed E-state index contributed by atoms with van der Waals surface area (Å²) in [6, 6.07) is 0. The van der Waals surface area contributed by atoms with Gasteiger partial charge in [0.2, 0.25) is 0 Å². The van der Waals surface area contributed by atoms with Crippen molar-refractivity contribution in [2.75, 3.05) is 0 Å². The number of halogens is 1. The highest BCUT2D eigenvalue weighted by Crippen LogP contribution is 2.22. The van der Waals surface area contributed by atoms with Crippen molar-refractivity contribution < 1.29 is 0 Å². The van der Waals surface area contributed by atoms with Gasteiger partial charge < -0.3 is 4.98 Å². The highest BCUT2D eigenvalue weighted by atomic mass is 79.9. The Kier molecular flexibility index (Phi) is 1.75. The number of hydrogen-bond donors (Lipinski definition) is 1. The Balaban J connectivity index is 2.45. The van der Waals surface area contributed by atoms with Gasteiger partial charge in [-0.05, 0) is 15.9 Å². The van der Waals surface area contributed by atoms with Crippen LogP contribution in [0.25, 0.3) is 10.8 Å². The molecule has 2 aromatic heterocycles. The molecule has 0 spiro atoms. The molecule has 0 radical (unpaired) electrons. The molecule has 0 aromatic carbocycles. The van der Waals surface area contributed by atoms with Gasteiger partial charge in [0, 0.05) is 17.8 Å². The summed E-state index contributed by atoms with van der Waals surface area (Å²) in [5.74, 6) is 0.820. The van der Waals surface area contributed by atoms with Crippen LogP contribution < -0.4 is 0 Å². The number of hydrogen-bond acceptors (Lipinski definition) is 3. The smallest absolute Gasteiger partial charge is 0.166 e. The first kappa shape index (κ1) is 7.00. The molecule has 1 N–H and O–H groups in total. The van der Waals surface area contributed by atoms with Crippen molar-refractivity contribution in [1.29, 1.82) is 0 Å². The van der Waals surface area contributed by atoms with E-state index in [2.05, 4.69) is 30.9 Å². The first-order valence-corrected chi connectivity index (χ1v) is 4.64. The number of thiazole rings is 1. The van der Waals surface area contributed by atoms with E-state index < -0.39 is 0 Å². The van der Waals surface area contributed by atoms with Crippen molar-refractivity contribution in [3.8, 4) is 10.8 Å². The van der Waals surface area contributed by atoms with Crippen LogP contribution in [0.5, 0.6) is 0 Å². The standard InChI is InChI=1S/C6H4BrN3S/c7-4-3-11-6(10-4)5-8-1-2-9-5/h1-3H,(H,8,9). The van der Waals surface area contributed by atoms with E-state index in [0.29, 0.717) is 0 Å². The van der Waals surface area contributed by atoms with Gasteiger partial charge in [0.15, 0.2) is 10.8 Å². The van der Waals surface area contributed by atoms with Gasteiger partial charge in [-0.2, -0.15) is 0 Å². The van der Waals surface area contributed by atoms with Crippen LogP contribution >= 0.6 is 27.3 Å². The van der Waals surface area contributed by atoms with Gasteiger partial charge in [-0.25, -0.2) is 9.97 Å². The van der Waals surface area contributed by atoms with Gasteiger partial charge in [0.05, 0.1) is 0 Å². The minimum Gasteiger partial charge on any atom is -0.343 e. The monoisotopic (exact) mass is 229 g/mol. The van der Waals surface area contributed by atoms with E-state index in [-0.39, 0.29) is 0 Å². The highest BCUT2D eigenvalue weighted by Gasteiger charge is 2.03. The average molecular weight is 230 g/mol. The Labute approximate surface area is 75.6 Å². The van der Waals surface area contributed by atoms with Crippen molar-refractivity contribution in [1.82, 2.24) is 15.0 Å². The minimum atomic E-state index is 0.820. The maximum atomic E-state index is 4.19. The molecule has 0 bridgehead atoms. The van der Waals surface area contributed by atoms with Crippen molar-refractivity contribution >= 4 is 27.3 Å². The molecule has 11 heavy (non-hydrogen) atoms. The Morgan fingerprint density at radius 1 is 1.55 bits per heavy atom. The average Bonchev–Trinajstić information content (AvgIpc) is 2.55. The van der Waals surface area contributed by atoms with E-state index in [1.165, 1.54) is 0 Å². The van der Waals surface area contributed by atoms with E-state index in [4.69, 9.17) is 0 Å². The third kappa shape index (κ3) is 1.34. The maximum absolute atomic E-state index is 4.19. The van der Waals surface area contributed by atoms with Crippen LogP contribution in [0.1, 0.15) is 0 Å². The first-order chi connectivity index (χ1) is 5.36. The second-order valence-electron chi connectivity index (χ2n) is 1.91. The van der Waals surface area contributed by atoms with E-state index in [0.717, 1.165) is 15.4 Å². The summed E-state index contributed by atoms with van der Waals surface area (Å²) in [5.41, 5.74) is 0. The topological polar surface area (TPSA) is 41.6 Å². The summed E-state index contributed by atoms with van der Waals surface area (Å²) in [5, 5.41) is 2.83. The van der Waals surface area contributed by atoms with Gasteiger partial charge >= 0.3 is 0 Å². The summed E-state index contributed by atoms with van der Waals surface area (Å²) >= 11 is 4.83. The number of H-pyrrole nitrogens is 1. The van der Waals surface area contributed by atoms with E-state index >= 15 is 0 Å². The molecule has 0 atom stereocenters. The first-order valence-electron chi connectivity index (χ1n) is 2.97. The van der Waals surface area contributed by atoms with Crippen LogP contribution in [0, 0.1) is 0 Å². The second-order valence-corrected chi connectivity index (χ2v) is 3.58. The molecule has 2 heterocycles. The minimum absolute atomic E-state index is 0.820. The second kappa shape index (κ2) is 2.75. The third-order valence-corrected chi connectivity index (χ3v) is 2.74. The van der Waals surface area contributed by atoms with Gasteiger partial charge in [-0.1, -0.05) is 0 Å². The Bertz CT molecular complexity index is 340. The fraction of sp³-hybridized carbons (Fsp3) is 0. The molecule has 0 aliphatic carbocycles. The molecule has 0 saturated heterocycles. The highest BCUT2D eigenvalue weighted by molar-refractivity contribution is 9.10. The quantitative estimate of drug-likeness (QED) is 0.816. The third-order valence-electron chi connectivity index (χ3n) is 1.18. The zero-order chi connectivity index (χ0) is 7.68. The van der Waals surface area contributed by atoms with E-state index in [1.807, 2.05) is 5.38 Å². The molecular weight excluding hydrogens is 226 g/mol. The molecule has 0 aliphatic rings. The molecule has 56 valence electrons. The van der Waals surface area contributed by atoms with Gasteiger partial charge in [0.1, 0.15) is 4.60 Å². The number of nitrogens with zero attached hydrogens (tertiary/aromatic N) is 2. The molecule has 0 amide bonds. The van der Waals surface area contributed by atoms with Crippen LogP contribution in [0.2, 0.25) is 0 Å². The van der Waals surface area contributed by atoms with Gasteiger partial charge in [-0.15, -0.1) is 11.3 Å². The van der Waals surface area contributed by atoms with Gasteiger partial charge in [-0.3, -0.25) is 0 Å². The lowest BCUT2D eigenvalue weighted by Gasteiger charge is -1.84. The Hall–Kier alpha value is -0.680. The fourth-order valence-electron chi connectivity index (χ4n) is 0.745. The number of aromatic nitrogens is 3. The van der Waals surface area contributed by atoms with Crippen LogP contribution in [-0.2, 0) is 0 Å². The number of rotatable bonds is 1. The molecule has 0 aliphatic heterocycles. The van der Waals surface area contributed by atoms with Crippen molar-refractivity contribution in [2.45, 2.75) is 0 Å². The largest absolute Gasteiger partial charge is 0.343 e.